The molecule has 3 rings (SSSR count). The number of carbonyl (C=O) groups excluding carboxylic acids is 1. The minimum absolute atomic E-state index is 0.276. The Bertz CT molecular complexity index is 823. The number of thiol groups is 1. The van der Waals surface area contributed by atoms with Crippen LogP contribution in [0.15, 0.2) is 36.4 Å². The molecule has 2 atom stereocenters. The number of alkyl halides is 3. The molecule has 1 amide bonds. The van der Waals surface area contributed by atoms with Crippen molar-refractivity contribution < 1.29 is 4.79 Å². The predicted molar refractivity (Wildman–Crippen MR) is 113 cm³/mol. The van der Waals surface area contributed by atoms with Gasteiger partial charge in [0.2, 0.25) is 9.70 Å². The quantitative estimate of drug-likeness (QED) is 0.208. The fourth-order valence-corrected chi connectivity index (χ4v) is 2.83. The molecule has 1 aromatic carbocycles. The first-order valence-electron chi connectivity index (χ1n) is 8.42. The summed E-state index contributed by atoms with van der Waals surface area (Å²) >= 11 is 22.3. The lowest BCUT2D eigenvalue weighted by Crippen LogP contribution is -2.56. The number of rotatable bonds is 8. The lowest BCUT2D eigenvalue weighted by atomic mass is 10.2. The highest BCUT2D eigenvalue weighted by molar-refractivity contribution is 7.81. The zero-order chi connectivity index (χ0) is 20.1. The van der Waals surface area contributed by atoms with Crippen molar-refractivity contribution in [3.05, 3.63) is 42.0 Å². The van der Waals surface area contributed by atoms with Crippen LogP contribution in [0, 0.1) is 0 Å². The molecule has 0 aliphatic heterocycles. The zero-order valence-corrected chi connectivity index (χ0v) is 17.6. The average Bonchev–Trinajstić information content (AvgIpc) is 3.39. The van der Waals surface area contributed by atoms with Gasteiger partial charge in [0, 0.05) is 6.08 Å². The van der Waals surface area contributed by atoms with Crippen molar-refractivity contribution in [3.8, 4) is 0 Å². The van der Waals surface area contributed by atoms with E-state index in [-0.39, 0.29) is 5.95 Å². The number of anilines is 1. The Morgan fingerprint density at radius 3 is 2.64 bits per heavy atom. The maximum atomic E-state index is 12.2. The molecular formula is C16H18Cl3N7OS. The van der Waals surface area contributed by atoms with Crippen LogP contribution in [0.3, 0.4) is 0 Å². The van der Waals surface area contributed by atoms with Gasteiger partial charge in [-0.25, -0.2) is 0 Å². The summed E-state index contributed by atoms with van der Waals surface area (Å²) in [5.74, 6) is -0.163. The van der Waals surface area contributed by atoms with Crippen molar-refractivity contribution in [2.24, 2.45) is 0 Å². The van der Waals surface area contributed by atoms with Crippen LogP contribution < -0.4 is 16.0 Å². The molecule has 1 heterocycles. The summed E-state index contributed by atoms with van der Waals surface area (Å²) in [7, 11) is 0. The highest BCUT2D eigenvalue weighted by atomic mass is 35.6. The third-order valence-electron chi connectivity index (χ3n) is 3.73. The molecule has 12 heteroatoms. The Morgan fingerprint density at radius 1 is 1.29 bits per heavy atom. The molecule has 8 nitrogen and oxygen atoms in total. The topological polar surface area (TPSA) is 96.8 Å². The van der Waals surface area contributed by atoms with Crippen molar-refractivity contribution >= 4 is 65.4 Å². The van der Waals surface area contributed by atoms with Gasteiger partial charge in [0.25, 0.3) is 5.95 Å². The second kappa shape index (κ2) is 9.32. The molecule has 1 saturated carbocycles. The molecule has 2 unspecified atom stereocenters. The van der Waals surface area contributed by atoms with E-state index in [1.54, 1.807) is 10.9 Å². The molecule has 28 heavy (non-hydrogen) atoms. The van der Waals surface area contributed by atoms with Gasteiger partial charge in [-0.3, -0.25) is 10.1 Å². The first-order valence-corrected chi connectivity index (χ1v) is 10.1. The molecule has 0 bridgehead atoms. The number of halogens is 3. The van der Waals surface area contributed by atoms with E-state index in [0.29, 0.717) is 6.04 Å². The normalized spacial score (nSPS) is 16.7. The number of carbonyl (C=O) groups is 1. The van der Waals surface area contributed by atoms with Gasteiger partial charge in [-0.05, 0) is 29.7 Å². The van der Waals surface area contributed by atoms with Crippen LogP contribution in [0.25, 0.3) is 6.08 Å². The second-order valence-electron chi connectivity index (χ2n) is 6.11. The maximum absolute atomic E-state index is 12.2. The number of aromatic nitrogens is 4. The van der Waals surface area contributed by atoms with Crippen molar-refractivity contribution in [1.82, 2.24) is 30.8 Å². The first-order chi connectivity index (χ1) is 13.3. The van der Waals surface area contributed by atoms with Gasteiger partial charge in [0.15, 0.2) is 0 Å². The maximum Gasteiger partial charge on any atom is 0.265 e. The lowest BCUT2D eigenvalue weighted by Gasteiger charge is -2.28. The van der Waals surface area contributed by atoms with E-state index in [1.165, 1.54) is 6.08 Å². The van der Waals surface area contributed by atoms with Crippen LogP contribution in [-0.4, -0.2) is 41.6 Å². The van der Waals surface area contributed by atoms with Crippen LogP contribution in [0.2, 0.25) is 0 Å². The summed E-state index contributed by atoms with van der Waals surface area (Å²) in [5.41, 5.74) is 0.158. The number of amides is 1. The molecule has 2 aromatic rings. The van der Waals surface area contributed by atoms with Gasteiger partial charge in [-0.15, -0.1) is 17.7 Å². The molecular weight excluding hydrogens is 445 g/mol. The van der Waals surface area contributed by atoms with Gasteiger partial charge in [-0.2, -0.15) is 4.80 Å². The summed E-state index contributed by atoms with van der Waals surface area (Å²) in [6.45, 7) is 0. The molecule has 0 spiro atoms. The first kappa shape index (κ1) is 21.2. The molecule has 1 aliphatic rings. The van der Waals surface area contributed by atoms with Gasteiger partial charge in [0.05, 0.1) is 6.04 Å². The second-order valence-corrected chi connectivity index (χ2v) is 8.99. The Balaban J connectivity index is 1.56. The molecule has 1 aliphatic carbocycles. The van der Waals surface area contributed by atoms with Crippen LogP contribution in [0.1, 0.15) is 24.4 Å². The number of tetrazole rings is 1. The fraction of sp³-hybridized carbons (Fsp3) is 0.375. The smallest absolute Gasteiger partial charge is 0.265 e. The fourth-order valence-electron chi connectivity index (χ4n) is 2.21. The number of benzene rings is 1. The molecule has 150 valence electrons. The Hall–Kier alpha value is -1.52. The van der Waals surface area contributed by atoms with E-state index in [0.717, 1.165) is 18.4 Å². The van der Waals surface area contributed by atoms with Crippen LogP contribution in [-0.2, 0) is 4.79 Å². The van der Waals surface area contributed by atoms with E-state index in [4.69, 9.17) is 34.8 Å². The van der Waals surface area contributed by atoms with Crippen molar-refractivity contribution in [1.29, 1.82) is 0 Å². The molecule has 0 radical (unpaired) electrons. The van der Waals surface area contributed by atoms with Gasteiger partial charge in [0.1, 0.15) is 11.7 Å². The standard InChI is InChI=1S/C16H18Cl3N7OS/c17-16(18,19)13(20-12(27)9-6-10-4-2-1-3-5-10)21-15(28)22-14-23-25-26(24-14)11-7-8-11/h1-6,9,11,13,15,21,28H,7-8H2,(H,20,27)(H,22,24). The van der Waals surface area contributed by atoms with Gasteiger partial charge >= 0.3 is 0 Å². The minimum atomic E-state index is -1.82. The van der Waals surface area contributed by atoms with Crippen LogP contribution in [0.5, 0.6) is 0 Å². The summed E-state index contributed by atoms with van der Waals surface area (Å²) in [6, 6.07) is 9.66. The van der Waals surface area contributed by atoms with E-state index >= 15 is 0 Å². The number of nitrogens with one attached hydrogen (secondary N) is 3. The van der Waals surface area contributed by atoms with Gasteiger partial charge in [-0.1, -0.05) is 70.2 Å². The Morgan fingerprint density at radius 2 is 2.00 bits per heavy atom. The Labute approximate surface area is 182 Å². The third kappa shape index (κ3) is 6.52. The van der Waals surface area contributed by atoms with E-state index in [2.05, 4.69) is 44.0 Å². The van der Waals surface area contributed by atoms with Gasteiger partial charge < -0.3 is 10.6 Å². The summed E-state index contributed by atoms with van der Waals surface area (Å²) in [6.07, 6.45) is 4.05. The van der Waals surface area contributed by atoms with E-state index in [9.17, 15) is 4.79 Å². The highest BCUT2D eigenvalue weighted by Crippen LogP contribution is 2.33. The van der Waals surface area contributed by atoms with Crippen LogP contribution >= 0.6 is 47.4 Å². The Kier molecular flexibility index (Phi) is 7.05. The summed E-state index contributed by atoms with van der Waals surface area (Å²) < 4.78 is -1.82. The minimum Gasteiger partial charge on any atom is -0.333 e. The third-order valence-corrected chi connectivity index (χ3v) is 4.67. The summed E-state index contributed by atoms with van der Waals surface area (Å²) in [5, 5.41) is 20.4. The average molecular weight is 463 g/mol. The molecule has 1 aromatic heterocycles. The number of nitrogens with zero attached hydrogens (tertiary/aromatic N) is 4. The van der Waals surface area contributed by atoms with Crippen molar-refractivity contribution in [3.63, 3.8) is 0 Å². The van der Waals surface area contributed by atoms with Crippen LogP contribution in [0.4, 0.5) is 5.95 Å². The largest absolute Gasteiger partial charge is 0.333 e. The number of hydrogen-bond acceptors (Lipinski definition) is 7. The molecule has 3 N–H and O–H groups in total. The lowest BCUT2D eigenvalue weighted by molar-refractivity contribution is -0.117. The van der Waals surface area contributed by atoms with Crippen molar-refractivity contribution in [2.45, 2.75) is 34.3 Å². The molecule has 1 fully saturated rings. The van der Waals surface area contributed by atoms with E-state index < -0.39 is 21.4 Å². The predicted octanol–water partition coefficient (Wildman–Crippen LogP) is 2.75. The summed E-state index contributed by atoms with van der Waals surface area (Å²) in [4.78, 5) is 13.7. The highest BCUT2D eigenvalue weighted by Gasteiger charge is 2.35. The monoisotopic (exact) mass is 461 g/mol. The van der Waals surface area contributed by atoms with E-state index in [1.807, 2.05) is 30.3 Å². The SMILES string of the molecule is O=C(C=Cc1ccccc1)NC(NC(S)Nc1nnn(C2CC2)n1)C(Cl)(Cl)Cl. The molecule has 0 saturated heterocycles. The van der Waals surface area contributed by atoms with Crippen molar-refractivity contribution in [2.75, 3.05) is 5.32 Å². The zero-order valence-electron chi connectivity index (χ0n) is 14.5. The number of hydrogen-bond donors (Lipinski definition) is 4.